The molecular formula is C16H21ClN2O5S. The Kier molecular flexibility index (Phi) is 5.75. The van der Waals surface area contributed by atoms with Crippen LogP contribution in [0.1, 0.15) is 42.5 Å². The van der Waals surface area contributed by atoms with Gasteiger partial charge in [-0.05, 0) is 31.0 Å². The normalized spacial score (nSPS) is 17.3. The van der Waals surface area contributed by atoms with Crippen LogP contribution in [0, 0.1) is 0 Å². The second-order valence-electron chi connectivity index (χ2n) is 6.33. The third-order valence-corrected chi connectivity index (χ3v) is 6.72. The monoisotopic (exact) mass is 388 g/mol. The smallest absolute Gasteiger partial charge is 0.329 e. The first-order chi connectivity index (χ1) is 11.6. The van der Waals surface area contributed by atoms with Crippen LogP contribution in [0.5, 0.6) is 0 Å². The van der Waals surface area contributed by atoms with Gasteiger partial charge in [-0.2, -0.15) is 0 Å². The highest BCUT2D eigenvalue weighted by Gasteiger charge is 2.41. The topological polar surface area (TPSA) is 104 Å². The van der Waals surface area contributed by atoms with Gasteiger partial charge >= 0.3 is 5.97 Å². The number of benzene rings is 1. The molecule has 2 rings (SSSR count). The van der Waals surface area contributed by atoms with Crippen molar-refractivity contribution in [3.05, 3.63) is 28.8 Å². The predicted octanol–water partition coefficient (Wildman–Crippen LogP) is 2.11. The minimum atomic E-state index is -3.82. The molecule has 1 amide bonds. The van der Waals surface area contributed by atoms with E-state index in [9.17, 15) is 23.1 Å². The SMILES string of the molecule is CN(C)S(=O)(=O)c1cc(C(=O)NC2(C(=O)O)CCCCC2)ccc1Cl. The number of carboxylic acids is 1. The molecule has 0 atom stereocenters. The number of halogens is 1. The molecule has 0 aromatic heterocycles. The van der Waals surface area contributed by atoms with Crippen molar-refractivity contribution >= 4 is 33.5 Å². The lowest BCUT2D eigenvalue weighted by atomic mass is 9.81. The van der Waals surface area contributed by atoms with E-state index in [-0.39, 0.29) is 15.5 Å². The van der Waals surface area contributed by atoms with E-state index in [1.165, 1.54) is 32.3 Å². The first-order valence-electron chi connectivity index (χ1n) is 7.88. The molecule has 1 aliphatic carbocycles. The Morgan fingerprint density at radius 2 is 1.80 bits per heavy atom. The summed E-state index contributed by atoms with van der Waals surface area (Å²) in [6.07, 6.45) is 3.06. The highest BCUT2D eigenvalue weighted by atomic mass is 35.5. The average Bonchev–Trinajstić information content (AvgIpc) is 2.55. The summed E-state index contributed by atoms with van der Waals surface area (Å²) in [6.45, 7) is 0. The van der Waals surface area contributed by atoms with Crippen molar-refractivity contribution in [2.75, 3.05) is 14.1 Å². The average molecular weight is 389 g/mol. The van der Waals surface area contributed by atoms with E-state index in [2.05, 4.69) is 5.32 Å². The summed E-state index contributed by atoms with van der Waals surface area (Å²) >= 11 is 5.97. The number of carboxylic acid groups (broad SMARTS) is 1. The lowest BCUT2D eigenvalue weighted by molar-refractivity contribution is -0.145. The molecule has 0 bridgehead atoms. The third-order valence-electron chi connectivity index (χ3n) is 4.42. The molecule has 0 aliphatic heterocycles. The highest BCUT2D eigenvalue weighted by molar-refractivity contribution is 7.89. The molecule has 1 aliphatic rings. The number of carbonyl (C=O) groups is 2. The number of hydrogen-bond acceptors (Lipinski definition) is 4. The fourth-order valence-corrected chi connectivity index (χ4v) is 4.27. The summed E-state index contributed by atoms with van der Waals surface area (Å²) in [7, 11) is -1.10. The van der Waals surface area contributed by atoms with E-state index in [1.807, 2.05) is 0 Å². The van der Waals surface area contributed by atoms with Gasteiger partial charge in [-0.1, -0.05) is 30.9 Å². The number of carbonyl (C=O) groups excluding carboxylic acids is 1. The van der Waals surface area contributed by atoms with Crippen molar-refractivity contribution in [3.8, 4) is 0 Å². The molecule has 0 unspecified atom stereocenters. The largest absolute Gasteiger partial charge is 0.480 e. The van der Waals surface area contributed by atoms with Crippen LogP contribution in [-0.2, 0) is 14.8 Å². The molecule has 1 aromatic rings. The fourth-order valence-electron chi connectivity index (χ4n) is 2.88. The van der Waals surface area contributed by atoms with E-state index >= 15 is 0 Å². The Hall–Kier alpha value is -1.64. The number of nitrogens with one attached hydrogen (secondary N) is 1. The van der Waals surface area contributed by atoms with E-state index in [0.717, 1.165) is 10.7 Å². The molecule has 0 spiro atoms. The zero-order valence-electron chi connectivity index (χ0n) is 14.1. The summed E-state index contributed by atoms with van der Waals surface area (Å²) in [4.78, 5) is 24.0. The Morgan fingerprint density at radius 3 is 2.32 bits per heavy atom. The van der Waals surface area contributed by atoms with Crippen molar-refractivity contribution in [1.29, 1.82) is 0 Å². The van der Waals surface area contributed by atoms with Crippen LogP contribution < -0.4 is 5.32 Å². The second kappa shape index (κ2) is 7.31. The molecule has 1 fully saturated rings. The van der Waals surface area contributed by atoms with Gasteiger partial charge in [-0.3, -0.25) is 4.79 Å². The maximum atomic E-state index is 12.6. The van der Waals surface area contributed by atoms with Gasteiger partial charge in [0, 0.05) is 19.7 Å². The summed E-state index contributed by atoms with van der Waals surface area (Å²) < 4.78 is 25.6. The van der Waals surface area contributed by atoms with E-state index in [0.29, 0.717) is 25.7 Å². The molecule has 1 saturated carbocycles. The summed E-state index contributed by atoms with van der Waals surface area (Å²) in [5, 5.41) is 12.1. The van der Waals surface area contributed by atoms with Gasteiger partial charge in [0.1, 0.15) is 10.4 Å². The summed E-state index contributed by atoms with van der Waals surface area (Å²) in [5.41, 5.74) is -1.26. The van der Waals surface area contributed by atoms with Gasteiger partial charge in [0.25, 0.3) is 5.91 Å². The first-order valence-corrected chi connectivity index (χ1v) is 9.70. The summed E-state index contributed by atoms with van der Waals surface area (Å²) in [6, 6.07) is 3.87. The van der Waals surface area contributed by atoms with Crippen LogP contribution in [0.2, 0.25) is 5.02 Å². The molecule has 1 aromatic carbocycles. The molecule has 9 heteroatoms. The number of aliphatic carboxylic acids is 1. The van der Waals surface area contributed by atoms with Crippen molar-refractivity contribution in [3.63, 3.8) is 0 Å². The van der Waals surface area contributed by atoms with Crippen LogP contribution in [0.4, 0.5) is 0 Å². The van der Waals surface area contributed by atoms with Crippen LogP contribution in [0.15, 0.2) is 23.1 Å². The van der Waals surface area contributed by atoms with Crippen molar-refractivity contribution in [2.45, 2.75) is 42.5 Å². The van der Waals surface area contributed by atoms with Gasteiger partial charge < -0.3 is 10.4 Å². The lowest BCUT2D eigenvalue weighted by Gasteiger charge is -2.34. The first kappa shape index (κ1) is 19.7. The van der Waals surface area contributed by atoms with E-state index < -0.39 is 27.4 Å². The number of nitrogens with zero attached hydrogens (tertiary/aromatic N) is 1. The number of amides is 1. The highest BCUT2D eigenvalue weighted by Crippen LogP contribution is 2.30. The zero-order chi connectivity index (χ0) is 18.8. The quantitative estimate of drug-likeness (QED) is 0.803. The third kappa shape index (κ3) is 3.96. The van der Waals surface area contributed by atoms with Crippen molar-refractivity contribution in [2.24, 2.45) is 0 Å². The van der Waals surface area contributed by atoms with Crippen LogP contribution in [0.25, 0.3) is 0 Å². The number of hydrogen-bond donors (Lipinski definition) is 2. The fraction of sp³-hybridized carbons (Fsp3) is 0.500. The number of rotatable bonds is 5. The van der Waals surface area contributed by atoms with Gasteiger partial charge in [0.15, 0.2) is 0 Å². The molecule has 0 heterocycles. The van der Waals surface area contributed by atoms with Gasteiger partial charge in [0.2, 0.25) is 10.0 Å². The second-order valence-corrected chi connectivity index (χ2v) is 8.86. The minimum absolute atomic E-state index is 0.00383. The Morgan fingerprint density at radius 1 is 1.20 bits per heavy atom. The standard InChI is InChI=1S/C16H21ClN2O5S/c1-19(2)25(23,24)13-10-11(6-7-12(13)17)14(20)18-16(15(21)22)8-4-3-5-9-16/h6-7,10H,3-5,8-9H2,1-2H3,(H,18,20)(H,21,22). The minimum Gasteiger partial charge on any atom is -0.480 e. The molecule has 25 heavy (non-hydrogen) atoms. The van der Waals surface area contributed by atoms with Crippen LogP contribution in [-0.4, -0.2) is 49.3 Å². The molecule has 7 nitrogen and oxygen atoms in total. The van der Waals surface area contributed by atoms with Gasteiger partial charge in [-0.25, -0.2) is 17.5 Å². The maximum Gasteiger partial charge on any atom is 0.329 e. The molecular weight excluding hydrogens is 368 g/mol. The molecule has 0 radical (unpaired) electrons. The van der Waals surface area contributed by atoms with E-state index in [4.69, 9.17) is 11.6 Å². The lowest BCUT2D eigenvalue weighted by Crippen LogP contribution is -2.55. The van der Waals surface area contributed by atoms with Crippen LogP contribution in [0.3, 0.4) is 0 Å². The Bertz CT molecular complexity index is 786. The van der Waals surface area contributed by atoms with Crippen molar-refractivity contribution < 1.29 is 23.1 Å². The zero-order valence-corrected chi connectivity index (χ0v) is 15.7. The van der Waals surface area contributed by atoms with Gasteiger partial charge in [0.05, 0.1) is 5.02 Å². The summed E-state index contributed by atoms with van der Waals surface area (Å²) in [5.74, 6) is -1.70. The molecule has 138 valence electrons. The van der Waals surface area contributed by atoms with Crippen LogP contribution >= 0.6 is 11.6 Å². The Labute approximate surface area is 152 Å². The maximum absolute atomic E-state index is 12.6. The molecule has 0 saturated heterocycles. The predicted molar refractivity (Wildman–Crippen MR) is 93.2 cm³/mol. The molecule has 2 N–H and O–H groups in total. The number of sulfonamides is 1. The van der Waals surface area contributed by atoms with Crippen molar-refractivity contribution in [1.82, 2.24) is 9.62 Å². The van der Waals surface area contributed by atoms with Gasteiger partial charge in [-0.15, -0.1) is 0 Å². The van der Waals surface area contributed by atoms with E-state index in [1.54, 1.807) is 0 Å². The Balaban J connectivity index is 2.35.